The average Bonchev–Trinajstić information content (AvgIpc) is 2.72. The first-order chi connectivity index (χ1) is 8.13. The second kappa shape index (κ2) is 4.80. The summed E-state index contributed by atoms with van der Waals surface area (Å²) in [6, 6.07) is 6.72. The van der Waals surface area contributed by atoms with Gasteiger partial charge in [-0.05, 0) is 51.2 Å². The third-order valence-electron chi connectivity index (χ3n) is 3.34. The van der Waals surface area contributed by atoms with Crippen molar-refractivity contribution in [2.75, 3.05) is 21.2 Å². The van der Waals surface area contributed by atoms with Gasteiger partial charge in [-0.3, -0.25) is 0 Å². The van der Waals surface area contributed by atoms with Crippen molar-refractivity contribution < 1.29 is 4.74 Å². The van der Waals surface area contributed by atoms with Gasteiger partial charge in [0.15, 0.2) is 0 Å². The maximum atomic E-state index is 5.43. The van der Waals surface area contributed by atoms with E-state index in [2.05, 4.69) is 48.8 Å². The number of likely N-dealkylation sites (N-methyl/N-ethyl adjacent to an activating group) is 1. The molecule has 2 heterocycles. The van der Waals surface area contributed by atoms with Gasteiger partial charge in [-0.15, -0.1) is 0 Å². The van der Waals surface area contributed by atoms with Crippen LogP contribution in [-0.2, 0) is 6.42 Å². The molecule has 0 bridgehead atoms. The predicted molar refractivity (Wildman–Crippen MR) is 70.8 cm³/mol. The Hall–Kier alpha value is -1.48. The number of ether oxygens (including phenoxy) is 1. The standard InChI is InChI=1S/C14H20N2O/c1-11(15(2)3)10-12-7-9-16-8-5-6-13(17-4)14(12)16/h5-9,11H,10H2,1-4H3. The Morgan fingerprint density at radius 3 is 2.71 bits per heavy atom. The highest BCUT2D eigenvalue weighted by Gasteiger charge is 2.12. The first-order valence-corrected chi connectivity index (χ1v) is 5.92. The number of methoxy groups -OCH3 is 1. The Kier molecular flexibility index (Phi) is 3.38. The Labute approximate surface area is 103 Å². The summed E-state index contributed by atoms with van der Waals surface area (Å²) >= 11 is 0. The Morgan fingerprint density at radius 2 is 2.06 bits per heavy atom. The molecule has 92 valence electrons. The normalized spacial score (nSPS) is 13.2. The molecule has 0 aliphatic heterocycles. The monoisotopic (exact) mass is 232 g/mol. The second-order valence-corrected chi connectivity index (χ2v) is 4.69. The largest absolute Gasteiger partial charge is 0.495 e. The van der Waals surface area contributed by atoms with Crippen molar-refractivity contribution in [3.8, 4) is 5.75 Å². The van der Waals surface area contributed by atoms with E-state index in [9.17, 15) is 0 Å². The smallest absolute Gasteiger partial charge is 0.143 e. The molecule has 1 unspecified atom stereocenters. The van der Waals surface area contributed by atoms with E-state index in [1.165, 1.54) is 11.1 Å². The SMILES string of the molecule is COc1cccn2ccc(CC(C)N(C)C)c12. The molecule has 2 rings (SSSR count). The molecule has 0 N–H and O–H groups in total. The van der Waals surface area contributed by atoms with Crippen LogP contribution in [0.4, 0.5) is 0 Å². The van der Waals surface area contributed by atoms with Crippen molar-refractivity contribution in [2.45, 2.75) is 19.4 Å². The molecule has 0 aromatic carbocycles. The zero-order valence-corrected chi connectivity index (χ0v) is 11.0. The number of nitrogens with zero attached hydrogens (tertiary/aromatic N) is 2. The summed E-state index contributed by atoms with van der Waals surface area (Å²) in [4.78, 5) is 2.24. The van der Waals surface area contributed by atoms with Gasteiger partial charge in [-0.1, -0.05) is 0 Å². The van der Waals surface area contributed by atoms with E-state index >= 15 is 0 Å². The van der Waals surface area contributed by atoms with E-state index < -0.39 is 0 Å². The minimum absolute atomic E-state index is 0.520. The molecule has 0 aliphatic rings. The van der Waals surface area contributed by atoms with Crippen molar-refractivity contribution >= 4 is 5.52 Å². The molecule has 0 amide bonds. The molecule has 2 aromatic heterocycles. The fourth-order valence-corrected chi connectivity index (χ4v) is 2.03. The minimum Gasteiger partial charge on any atom is -0.495 e. The molecule has 0 fully saturated rings. The van der Waals surface area contributed by atoms with Gasteiger partial charge in [0.1, 0.15) is 5.75 Å². The lowest BCUT2D eigenvalue weighted by Gasteiger charge is -2.19. The van der Waals surface area contributed by atoms with Crippen molar-refractivity contribution in [1.29, 1.82) is 0 Å². The van der Waals surface area contributed by atoms with Crippen molar-refractivity contribution in [3.05, 3.63) is 36.2 Å². The van der Waals surface area contributed by atoms with Crippen LogP contribution < -0.4 is 4.74 Å². The number of fused-ring (bicyclic) bond motifs is 1. The van der Waals surface area contributed by atoms with Crippen LogP contribution in [0.3, 0.4) is 0 Å². The quantitative estimate of drug-likeness (QED) is 0.805. The third kappa shape index (κ3) is 2.29. The molecule has 0 saturated heterocycles. The number of pyridine rings is 1. The van der Waals surface area contributed by atoms with E-state index in [4.69, 9.17) is 4.74 Å². The molecule has 2 aromatic rings. The fraction of sp³-hybridized carbons (Fsp3) is 0.429. The van der Waals surface area contributed by atoms with Gasteiger partial charge >= 0.3 is 0 Å². The zero-order chi connectivity index (χ0) is 12.4. The van der Waals surface area contributed by atoms with Crippen LogP contribution in [0.25, 0.3) is 5.52 Å². The highest BCUT2D eigenvalue weighted by molar-refractivity contribution is 5.66. The first kappa shape index (κ1) is 12.0. The highest BCUT2D eigenvalue weighted by atomic mass is 16.5. The number of aromatic nitrogens is 1. The fourth-order valence-electron chi connectivity index (χ4n) is 2.03. The molecular formula is C14H20N2O. The summed E-state index contributed by atoms with van der Waals surface area (Å²) in [7, 11) is 5.95. The van der Waals surface area contributed by atoms with Gasteiger partial charge in [0.05, 0.1) is 12.6 Å². The summed E-state index contributed by atoms with van der Waals surface area (Å²) in [6.45, 7) is 2.24. The summed E-state index contributed by atoms with van der Waals surface area (Å²) < 4.78 is 7.56. The van der Waals surface area contributed by atoms with Crippen LogP contribution in [0, 0.1) is 0 Å². The topological polar surface area (TPSA) is 16.9 Å². The van der Waals surface area contributed by atoms with Crippen molar-refractivity contribution in [3.63, 3.8) is 0 Å². The summed E-state index contributed by atoms with van der Waals surface area (Å²) in [6.07, 6.45) is 5.18. The lowest BCUT2D eigenvalue weighted by Crippen LogP contribution is -2.26. The summed E-state index contributed by atoms with van der Waals surface area (Å²) in [5.41, 5.74) is 2.52. The van der Waals surface area contributed by atoms with Gasteiger partial charge in [-0.25, -0.2) is 0 Å². The molecule has 3 heteroatoms. The van der Waals surface area contributed by atoms with Crippen LogP contribution in [0.2, 0.25) is 0 Å². The summed E-state index contributed by atoms with van der Waals surface area (Å²) in [5, 5.41) is 0. The Bertz CT molecular complexity index is 502. The van der Waals surface area contributed by atoms with Gasteiger partial charge in [0.25, 0.3) is 0 Å². The van der Waals surface area contributed by atoms with Crippen LogP contribution in [-0.4, -0.2) is 36.5 Å². The lowest BCUT2D eigenvalue weighted by atomic mass is 10.1. The van der Waals surface area contributed by atoms with Gasteiger partial charge in [0.2, 0.25) is 0 Å². The maximum Gasteiger partial charge on any atom is 0.143 e. The molecule has 0 spiro atoms. The second-order valence-electron chi connectivity index (χ2n) is 4.69. The van der Waals surface area contributed by atoms with Crippen LogP contribution in [0.5, 0.6) is 5.75 Å². The van der Waals surface area contributed by atoms with Gasteiger partial charge < -0.3 is 14.0 Å². The number of hydrogen-bond donors (Lipinski definition) is 0. The van der Waals surface area contributed by atoms with Crippen LogP contribution >= 0.6 is 0 Å². The molecule has 0 radical (unpaired) electrons. The third-order valence-corrected chi connectivity index (χ3v) is 3.34. The van der Waals surface area contributed by atoms with E-state index in [1.54, 1.807) is 7.11 Å². The Balaban J connectivity index is 2.41. The Morgan fingerprint density at radius 1 is 1.29 bits per heavy atom. The maximum absolute atomic E-state index is 5.43. The zero-order valence-electron chi connectivity index (χ0n) is 11.0. The highest BCUT2D eigenvalue weighted by Crippen LogP contribution is 2.25. The van der Waals surface area contributed by atoms with Crippen molar-refractivity contribution in [1.82, 2.24) is 9.30 Å². The molecule has 3 nitrogen and oxygen atoms in total. The molecule has 1 atom stereocenters. The van der Waals surface area contributed by atoms with Crippen LogP contribution in [0.1, 0.15) is 12.5 Å². The number of hydrogen-bond acceptors (Lipinski definition) is 2. The first-order valence-electron chi connectivity index (χ1n) is 5.92. The van der Waals surface area contributed by atoms with E-state index in [-0.39, 0.29) is 0 Å². The van der Waals surface area contributed by atoms with Gasteiger partial charge in [-0.2, -0.15) is 0 Å². The van der Waals surface area contributed by atoms with Crippen molar-refractivity contribution in [2.24, 2.45) is 0 Å². The van der Waals surface area contributed by atoms with Crippen LogP contribution in [0.15, 0.2) is 30.6 Å². The molecule has 0 aliphatic carbocycles. The van der Waals surface area contributed by atoms with E-state index in [1.807, 2.05) is 12.1 Å². The van der Waals surface area contributed by atoms with E-state index in [0.717, 1.165) is 12.2 Å². The van der Waals surface area contributed by atoms with E-state index in [0.29, 0.717) is 6.04 Å². The predicted octanol–water partition coefficient (Wildman–Crippen LogP) is 2.44. The minimum atomic E-state index is 0.520. The average molecular weight is 232 g/mol. The van der Waals surface area contributed by atoms with Gasteiger partial charge in [0, 0.05) is 18.4 Å². The molecule has 0 saturated carbocycles. The molecular weight excluding hydrogens is 212 g/mol. The number of rotatable bonds is 4. The molecule has 17 heavy (non-hydrogen) atoms. The lowest BCUT2D eigenvalue weighted by molar-refractivity contribution is 0.312. The summed E-state index contributed by atoms with van der Waals surface area (Å²) in [5.74, 6) is 0.943.